The van der Waals surface area contributed by atoms with E-state index in [1.54, 1.807) is 0 Å². The first-order chi connectivity index (χ1) is 9.81. The van der Waals surface area contributed by atoms with Crippen molar-refractivity contribution >= 4 is 14.9 Å². The van der Waals surface area contributed by atoms with Crippen molar-refractivity contribution < 1.29 is 22.8 Å². The van der Waals surface area contributed by atoms with Crippen LogP contribution >= 0.6 is 0 Å². The lowest BCUT2D eigenvalue weighted by Gasteiger charge is -2.29. The summed E-state index contributed by atoms with van der Waals surface area (Å²) in [4.78, 5) is 10.8. The molecule has 0 unspecified atom stereocenters. The molecule has 21 heavy (non-hydrogen) atoms. The zero-order valence-electron chi connectivity index (χ0n) is 14.1. The van der Waals surface area contributed by atoms with Crippen LogP contribution in [0.5, 0.6) is 0 Å². The Kier molecular flexibility index (Phi) is 9.85. The Morgan fingerprint density at radius 2 is 1.48 bits per heavy atom. The van der Waals surface area contributed by atoms with Gasteiger partial charge in [-0.15, -0.1) is 0 Å². The second kappa shape index (κ2) is 10.2. The fourth-order valence-electron chi connectivity index (χ4n) is 2.22. The van der Waals surface area contributed by atoms with Crippen LogP contribution in [0.3, 0.4) is 0 Å². The van der Waals surface area contributed by atoms with E-state index in [0.717, 1.165) is 25.3 Å². The van der Waals surface area contributed by atoms with Gasteiger partial charge in [0.2, 0.25) is 0 Å². The average molecular weight is 321 g/mol. The maximum Gasteiger partial charge on any atom is 0.500 e. The Morgan fingerprint density at radius 3 is 1.86 bits per heavy atom. The molecule has 0 heterocycles. The number of nitrogens with two attached hydrogens (primary N) is 1. The molecule has 0 aromatic carbocycles. The second-order valence-corrected chi connectivity index (χ2v) is 8.10. The molecule has 0 fully saturated rings. The molecule has 0 rings (SSSR count). The fourth-order valence-corrected chi connectivity index (χ4v) is 4.90. The summed E-state index contributed by atoms with van der Waals surface area (Å²) in [6.45, 7) is 11.3. The number of ether oxygens (including phenoxy) is 1. The molecule has 0 radical (unpaired) electrons. The van der Waals surface area contributed by atoms with Crippen molar-refractivity contribution in [2.24, 2.45) is 5.73 Å². The summed E-state index contributed by atoms with van der Waals surface area (Å²) in [5.74, 6) is 0. The summed E-state index contributed by atoms with van der Waals surface area (Å²) < 4.78 is 22.5. The van der Waals surface area contributed by atoms with Crippen LogP contribution in [-0.2, 0) is 18.0 Å². The van der Waals surface area contributed by atoms with Crippen molar-refractivity contribution in [3.63, 3.8) is 0 Å². The van der Waals surface area contributed by atoms with E-state index in [-0.39, 0.29) is 0 Å². The van der Waals surface area contributed by atoms with Crippen LogP contribution in [-0.4, -0.2) is 40.3 Å². The van der Waals surface area contributed by atoms with Crippen LogP contribution in [0, 0.1) is 0 Å². The molecule has 0 aliphatic carbocycles. The summed E-state index contributed by atoms with van der Waals surface area (Å²) in [7, 11) is -2.56. The number of primary amides is 1. The Morgan fingerprint density at radius 1 is 1.00 bits per heavy atom. The van der Waals surface area contributed by atoms with Gasteiger partial charge in [-0.3, -0.25) is 0 Å². The highest BCUT2D eigenvalue weighted by Crippen LogP contribution is 2.23. The third kappa shape index (κ3) is 9.08. The lowest BCUT2D eigenvalue weighted by atomic mass is 10.0. The van der Waals surface area contributed by atoms with Crippen LogP contribution in [0.25, 0.3) is 0 Å². The minimum Gasteiger partial charge on any atom is -0.444 e. The number of unbranched alkanes of at least 4 members (excludes halogenated alkanes) is 1. The Balaban J connectivity index is 4.32. The molecular weight excluding hydrogens is 290 g/mol. The molecular formula is C14H31NO5Si. The first-order valence-corrected chi connectivity index (χ1v) is 9.64. The molecule has 0 aromatic rings. The predicted octanol–water partition coefficient (Wildman–Crippen LogP) is 3.08. The highest BCUT2D eigenvalue weighted by Gasteiger charge is 2.39. The van der Waals surface area contributed by atoms with Gasteiger partial charge in [-0.2, -0.15) is 0 Å². The largest absolute Gasteiger partial charge is 0.500 e. The number of carbonyl (C=O) groups is 1. The molecule has 2 N–H and O–H groups in total. The van der Waals surface area contributed by atoms with E-state index in [4.69, 9.17) is 23.7 Å². The Hall–Kier alpha value is -0.633. The first-order valence-electron chi connectivity index (χ1n) is 7.71. The maximum atomic E-state index is 10.8. The zero-order chi connectivity index (χ0) is 16.4. The summed E-state index contributed by atoms with van der Waals surface area (Å²) in [5.41, 5.74) is 4.51. The summed E-state index contributed by atoms with van der Waals surface area (Å²) >= 11 is 0. The standard InChI is InChI=1S/C14H31NO5Si/c1-6-17-21(18-7-2,19-8-3)12-10-9-11-14(4,5)20-13(15)16/h6-12H2,1-5H3,(H2,15,16). The maximum absolute atomic E-state index is 10.8. The first kappa shape index (κ1) is 20.4. The van der Waals surface area contributed by atoms with E-state index >= 15 is 0 Å². The number of rotatable bonds is 12. The van der Waals surface area contributed by atoms with Gasteiger partial charge >= 0.3 is 14.9 Å². The van der Waals surface area contributed by atoms with Gasteiger partial charge in [0.15, 0.2) is 0 Å². The van der Waals surface area contributed by atoms with Gasteiger partial charge < -0.3 is 23.7 Å². The van der Waals surface area contributed by atoms with Gasteiger partial charge in [0.25, 0.3) is 0 Å². The summed E-state index contributed by atoms with van der Waals surface area (Å²) in [5, 5.41) is 0. The van der Waals surface area contributed by atoms with E-state index in [1.807, 2.05) is 34.6 Å². The van der Waals surface area contributed by atoms with E-state index in [9.17, 15) is 4.79 Å². The van der Waals surface area contributed by atoms with Crippen molar-refractivity contribution in [2.75, 3.05) is 19.8 Å². The Labute approximate surface area is 129 Å². The van der Waals surface area contributed by atoms with Crippen molar-refractivity contribution in [1.82, 2.24) is 0 Å². The number of amides is 1. The molecule has 0 spiro atoms. The third-order valence-electron chi connectivity index (χ3n) is 2.98. The van der Waals surface area contributed by atoms with Gasteiger partial charge in [0.05, 0.1) is 0 Å². The van der Waals surface area contributed by atoms with E-state index in [2.05, 4.69) is 0 Å². The molecule has 1 amide bonds. The zero-order valence-corrected chi connectivity index (χ0v) is 15.1. The lowest BCUT2D eigenvalue weighted by Crippen LogP contribution is -2.46. The molecule has 0 bridgehead atoms. The van der Waals surface area contributed by atoms with Crippen molar-refractivity contribution in [2.45, 2.75) is 65.5 Å². The normalized spacial score (nSPS) is 12.4. The van der Waals surface area contributed by atoms with Crippen molar-refractivity contribution in [3.8, 4) is 0 Å². The SMILES string of the molecule is CCO[Si](CCCCC(C)(C)OC(N)=O)(OCC)OCC. The second-order valence-electron chi connectivity index (χ2n) is 5.37. The van der Waals surface area contributed by atoms with E-state index in [0.29, 0.717) is 19.8 Å². The number of hydrogen-bond acceptors (Lipinski definition) is 5. The van der Waals surface area contributed by atoms with Crippen molar-refractivity contribution in [1.29, 1.82) is 0 Å². The number of hydrogen-bond donors (Lipinski definition) is 1. The molecule has 0 aliphatic rings. The number of carbonyl (C=O) groups excluding carboxylic acids is 1. The van der Waals surface area contributed by atoms with Gasteiger partial charge in [0.1, 0.15) is 5.60 Å². The lowest BCUT2D eigenvalue weighted by molar-refractivity contribution is 0.0362. The van der Waals surface area contributed by atoms with E-state index in [1.165, 1.54) is 0 Å². The van der Waals surface area contributed by atoms with Gasteiger partial charge in [0, 0.05) is 25.9 Å². The molecule has 126 valence electrons. The Bertz CT molecular complexity index is 282. The van der Waals surface area contributed by atoms with Gasteiger partial charge in [-0.25, -0.2) is 4.79 Å². The summed E-state index contributed by atoms with van der Waals surface area (Å²) in [6, 6.07) is 0.773. The monoisotopic (exact) mass is 321 g/mol. The molecule has 0 aromatic heterocycles. The highest BCUT2D eigenvalue weighted by atomic mass is 28.4. The summed E-state index contributed by atoms with van der Waals surface area (Å²) in [6.07, 6.45) is 1.80. The highest BCUT2D eigenvalue weighted by molar-refractivity contribution is 6.60. The third-order valence-corrected chi connectivity index (χ3v) is 6.13. The quantitative estimate of drug-likeness (QED) is 0.441. The predicted molar refractivity (Wildman–Crippen MR) is 84.0 cm³/mol. The van der Waals surface area contributed by atoms with Crippen molar-refractivity contribution in [3.05, 3.63) is 0 Å². The minimum absolute atomic E-state index is 0.543. The van der Waals surface area contributed by atoms with Gasteiger partial charge in [-0.1, -0.05) is 0 Å². The minimum atomic E-state index is -2.56. The van der Waals surface area contributed by atoms with Crippen LogP contribution in [0.15, 0.2) is 0 Å². The van der Waals surface area contributed by atoms with E-state index < -0.39 is 20.5 Å². The van der Waals surface area contributed by atoms with Crippen LogP contribution < -0.4 is 5.73 Å². The molecule has 6 nitrogen and oxygen atoms in total. The molecule has 0 aliphatic heterocycles. The molecule has 7 heteroatoms. The smallest absolute Gasteiger partial charge is 0.444 e. The molecule has 0 saturated carbocycles. The van der Waals surface area contributed by atoms with Crippen LogP contribution in [0.1, 0.15) is 53.9 Å². The fraction of sp³-hybridized carbons (Fsp3) is 0.929. The van der Waals surface area contributed by atoms with Crippen LogP contribution in [0.4, 0.5) is 4.79 Å². The van der Waals surface area contributed by atoms with Gasteiger partial charge in [-0.05, 0) is 53.9 Å². The molecule has 0 saturated heterocycles. The van der Waals surface area contributed by atoms with Crippen LogP contribution in [0.2, 0.25) is 6.04 Å². The molecule has 0 atom stereocenters. The topological polar surface area (TPSA) is 80.0 Å². The average Bonchev–Trinajstić information content (AvgIpc) is 2.34.